The Hall–Kier alpha value is -0.300. The number of nitrogens with zero attached hydrogens (tertiary/aromatic N) is 1. The van der Waals surface area contributed by atoms with E-state index in [1.54, 1.807) is 0 Å². The Morgan fingerprint density at radius 2 is 1.83 bits per heavy atom. The molecule has 0 aromatic heterocycles. The monoisotopic (exact) mass is 83.1 g/mol. The Morgan fingerprint density at radius 3 is 2.00 bits per heavy atom. The van der Waals surface area contributed by atoms with E-state index in [1.807, 2.05) is 0 Å². The lowest BCUT2D eigenvalue weighted by atomic mass is 10.6. The minimum absolute atomic E-state index is 1.14. The molecule has 1 rings (SSSR count). The van der Waals surface area contributed by atoms with Crippen LogP contribution in [0.3, 0.4) is 0 Å². The van der Waals surface area contributed by atoms with E-state index in [0.717, 1.165) is 13.1 Å². The van der Waals surface area contributed by atoms with Gasteiger partial charge in [0.2, 0.25) is 0 Å². The molecule has 0 radical (unpaired) electrons. The van der Waals surface area contributed by atoms with Gasteiger partial charge >= 0.3 is 0 Å². The molecule has 1 nitrogen and oxygen atoms in total. The molecule has 0 saturated heterocycles. The van der Waals surface area contributed by atoms with Crippen molar-refractivity contribution < 1.29 is 0 Å². The predicted octanol–water partition coefficient (Wildman–Crippen LogP) is 0.488. The smallest absolute Gasteiger partial charge is 0.0163 e. The lowest BCUT2D eigenvalue weighted by Crippen LogP contribution is -2.11. The number of hydrogen-bond acceptors (Lipinski definition) is 1. The van der Waals surface area contributed by atoms with Crippen molar-refractivity contribution >= 4 is 0 Å². The third-order valence-corrected chi connectivity index (χ3v) is 1.00. The summed E-state index contributed by atoms with van der Waals surface area (Å²) in [5.41, 5.74) is 0. The molecule has 0 amide bonds. The molecule has 1 aliphatic heterocycles. The second-order valence-electron chi connectivity index (χ2n) is 1.69. The molecular formula is C5H9N. The Labute approximate surface area is 38.3 Å². The van der Waals surface area contributed by atoms with Crippen molar-refractivity contribution in [2.45, 2.75) is 0 Å². The van der Waals surface area contributed by atoms with Crippen molar-refractivity contribution in [3.05, 3.63) is 12.2 Å². The summed E-state index contributed by atoms with van der Waals surface area (Å²) >= 11 is 0. The van der Waals surface area contributed by atoms with Gasteiger partial charge in [0.1, 0.15) is 0 Å². The maximum Gasteiger partial charge on any atom is 0.0163 e. The van der Waals surface area contributed by atoms with E-state index in [0.29, 0.717) is 0 Å². The van der Waals surface area contributed by atoms with E-state index in [9.17, 15) is 0 Å². The van der Waals surface area contributed by atoms with Crippen molar-refractivity contribution in [3.8, 4) is 0 Å². The number of likely N-dealkylation sites (N-methyl/N-ethyl adjacent to an activating group) is 1. The summed E-state index contributed by atoms with van der Waals surface area (Å²) in [4.78, 5) is 2.25. The zero-order chi connectivity index (χ0) is 4.41. The Balaban J connectivity index is 2.32. The van der Waals surface area contributed by atoms with E-state index >= 15 is 0 Å². The summed E-state index contributed by atoms with van der Waals surface area (Å²) in [7, 11) is 2.11. The molecule has 6 heavy (non-hydrogen) atoms. The Bertz CT molecular complexity index is 58.3. The molecule has 0 bridgehead atoms. The van der Waals surface area contributed by atoms with Crippen molar-refractivity contribution in [1.29, 1.82) is 0 Å². The topological polar surface area (TPSA) is 3.24 Å². The summed E-state index contributed by atoms with van der Waals surface area (Å²) in [5.74, 6) is 0. The average molecular weight is 83.1 g/mol. The molecular weight excluding hydrogens is 74.1 g/mol. The molecule has 0 unspecified atom stereocenters. The van der Waals surface area contributed by atoms with E-state index < -0.39 is 0 Å². The Morgan fingerprint density at radius 1 is 1.33 bits per heavy atom. The van der Waals surface area contributed by atoms with Crippen molar-refractivity contribution in [3.63, 3.8) is 0 Å². The molecule has 0 N–H and O–H groups in total. The minimum atomic E-state index is 1.14. The summed E-state index contributed by atoms with van der Waals surface area (Å²) in [5, 5.41) is 0. The highest BCUT2D eigenvalue weighted by Gasteiger charge is 1.94. The molecule has 1 aliphatic rings. The maximum absolute atomic E-state index is 2.25. The van der Waals surface area contributed by atoms with Gasteiger partial charge in [-0.2, -0.15) is 0 Å². The Kier molecular flexibility index (Phi) is 0.926. The molecule has 1 heterocycles. The molecule has 0 spiro atoms. The van der Waals surface area contributed by atoms with Gasteiger partial charge < -0.3 is 0 Å². The summed E-state index contributed by atoms with van der Waals surface area (Å²) in [6.07, 6.45) is 4.36. The van der Waals surface area contributed by atoms with Crippen LogP contribution >= 0.6 is 0 Å². The molecule has 0 fully saturated rings. The summed E-state index contributed by atoms with van der Waals surface area (Å²) < 4.78 is 0. The van der Waals surface area contributed by atoms with Crippen LogP contribution in [-0.4, -0.2) is 25.0 Å². The molecule has 34 valence electrons. The largest absolute Gasteiger partial charge is 0.299 e. The van der Waals surface area contributed by atoms with Gasteiger partial charge in [-0.05, 0) is 7.05 Å². The first-order valence-corrected chi connectivity index (χ1v) is 2.23. The lowest BCUT2D eigenvalue weighted by molar-refractivity contribution is 0.435. The second-order valence-corrected chi connectivity index (χ2v) is 1.69. The van der Waals surface area contributed by atoms with Crippen LogP contribution in [0.1, 0.15) is 0 Å². The first-order chi connectivity index (χ1) is 2.89. The molecule has 0 aromatic carbocycles. The highest BCUT2D eigenvalue weighted by atomic mass is 15.1. The van der Waals surface area contributed by atoms with Crippen LogP contribution in [-0.2, 0) is 0 Å². The fraction of sp³-hybridized carbons (Fsp3) is 0.600. The van der Waals surface area contributed by atoms with E-state index in [4.69, 9.17) is 0 Å². The molecule has 0 aromatic rings. The fourth-order valence-corrected chi connectivity index (χ4v) is 0.583. The van der Waals surface area contributed by atoms with Crippen molar-refractivity contribution in [1.82, 2.24) is 4.90 Å². The van der Waals surface area contributed by atoms with Crippen LogP contribution in [0.5, 0.6) is 0 Å². The first-order valence-electron chi connectivity index (χ1n) is 2.23. The van der Waals surface area contributed by atoms with Crippen molar-refractivity contribution in [2.24, 2.45) is 0 Å². The van der Waals surface area contributed by atoms with Gasteiger partial charge in [0.15, 0.2) is 0 Å². The highest BCUT2D eigenvalue weighted by molar-refractivity contribution is 4.93. The predicted molar refractivity (Wildman–Crippen MR) is 26.6 cm³/mol. The standard InChI is InChI=1S/C5H9N/c1-6-4-2-3-5-6/h2-3H,4-5H2,1H3. The second kappa shape index (κ2) is 1.43. The van der Waals surface area contributed by atoms with E-state index in [-0.39, 0.29) is 0 Å². The SMILES string of the molecule is CN1CC=CC1. The lowest BCUT2D eigenvalue weighted by Gasteiger charge is -2.01. The van der Waals surface area contributed by atoms with Crippen molar-refractivity contribution in [2.75, 3.05) is 20.1 Å². The van der Waals surface area contributed by atoms with Gasteiger partial charge in [-0.15, -0.1) is 0 Å². The molecule has 0 aliphatic carbocycles. The van der Waals surface area contributed by atoms with E-state index in [1.165, 1.54) is 0 Å². The molecule has 0 saturated carbocycles. The number of rotatable bonds is 0. The van der Waals surface area contributed by atoms with Crippen LogP contribution in [0.4, 0.5) is 0 Å². The number of hydrogen-bond donors (Lipinski definition) is 0. The zero-order valence-electron chi connectivity index (χ0n) is 4.02. The normalized spacial score (nSPS) is 22.8. The third kappa shape index (κ3) is 0.601. The first kappa shape index (κ1) is 3.88. The quantitative estimate of drug-likeness (QED) is 0.385. The molecule has 0 atom stereocenters. The van der Waals surface area contributed by atoms with Gasteiger partial charge in [0.05, 0.1) is 0 Å². The maximum atomic E-state index is 2.25. The van der Waals surface area contributed by atoms with Crippen LogP contribution in [0.25, 0.3) is 0 Å². The van der Waals surface area contributed by atoms with Gasteiger partial charge in [0, 0.05) is 13.1 Å². The van der Waals surface area contributed by atoms with Crippen LogP contribution < -0.4 is 0 Å². The minimum Gasteiger partial charge on any atom is -0.299 e. The average Bonchev–Trinajstić information content (AvgIpc) is 1.86. The van der Waals surface area contributed by atoms with Gasteiger partial charge in [-0.3, -0.25) is 4.90 Å². The van der Waals surface area contributed by atoms with Crippen LogP contribution in [0, 0.1) is 0 Å². The van der Waals surface area contributed by atoms with Crippen LogP contribution in [0.15, 0.2) is 12.2 Å². The molecule has 1 heteroatoms. The highest BCUT2D eigenvalue weighted by Crippen LogP contribution is 1.91. The van der Waals surface area contributed by atoms with E-state index in [2.05, 4.69) is 24.1 Å². The van der Waals surface area contributed by atoms with Gasteiger partial charge in [-0.25, -0.2) is 0 Å². The third-order valence-electron chi connectivity index (χ3n) is 1.00. The summed E-state index contributed by atoms with van der Waals surface area (Å²) in [6, 6.07) is 0. The van der Waals surface area contributed by atoms with Gasteiger partial charge in [-0.1, -0.05) is 12.2 Å². The summed E-state index contributed by atoms with van der Waals surface area (Å²) in [6.45, 7) is 2.28. The van der Waals surface area contributed by atoms with Crippen LogP contribution in [0.2, 0.25) is 0 Å². The zero-order valence-corrected chi connectivity index (χ0v) is 4.02. The fourth-order valence-electron chi connectivity index (χ4n) is 0.583. The van der Waals surface area contributed by atoms with Gasteiger partial charge in [0.25, 0.3) is 0 Å².